The molecule has 2 heterocycles. The molecule has 0 aliphatic carbocycles. The average molecular weight is 260 g/mol. The summed E-state index contributed by atoms with van der Waals surface area (Å²) in [6.07, 6.45) is -1.24. The van der Waals surface area contributed by atoms with Crippen molar-refractivity contribution >= 4 is 11.8 Å². The summed E-state index contributed by atoms with van der Waals surface area (Å²) in [5, 5.41) is 0. The Morgan fingerprint density at radius 3 is 2.50 bits per heavy atom. The van der Waals surface area contributed by atoms with Gasteiger partial charge in [0.2, 0.25) is 11.8 Å². The highest BCUT2D eigenvalue weighted by Crippen LogP contribution is 2.30. The molecule has 0 spiro atoms. The van der Waals surface area contributed by atoms with Crippen LogP contribution in [0.4, 0.5) is 8.78 Å². The van der Waals surface area contributed by atoms with Crippen LogP contribution in [0.15, 0.2) is 0 Å². The van der Waals surface area contributed by atoms with Gasteiger partial charge < -0.3 is 9.80 Å². The molecule has 2 unspecified atom stereocenters. The molecule has 0 saturated carbocycles. The number of hydrogen-bond acceptors (Lipinski definition) is 2. The number of hydrogen-bond donors (Lipinski definition) is 0. The Hall–Kier alpha value is -1.20. The maximum atomic E-state index is 12.6. The molecule has 6 heteroatoms. The van der Waals surface area contributed by atoms with E-state index in [1.807, 2.05) is 0 Å². The fourth-order valence-electron chi connectivity index (χ4n) is 2.92. The van der Waals surface area contributed by atoms with Crippen molar-refractivity contribution in [1.82, 2.24) is 9.80 Å². The second-order valence-electron chi connectivity index (χ2n) is 5.26. The van der Waals surface area contributed by atoms with Gasteiger partial charge in [0.1, 0.15) is 12.1 Å². The van der Waals surface area contributed by atoms with Gasteiger partial charge in [0.05, 0.1) is 6.54 Å². The summed E-state index contributed by atoms with van der Waals surface area (Å²) in [5.74, 6) is -0.638. The molecule has 2 saturated heterocycles. The molecular formula is C12H18F2N2O2. The van der Waals surface area contributed by atoms with E-state index in [0.29, 0.717) is 13.0 Å². The monoisotopic (exact) mass is 260 g/mol. The zero-order valence-corrected chi connectivity index (χ0v) is 10.6. The Bertz CT molecular complexity index is 360. The normalized spacial score (nSPS) is 28.6. The molecular weight excluding hydrogens is 242 g/mol. The van der Waals surface area contributed by atoms with E-state index in [1.54, 1.807) is 18.7 Å². The van der Waals surface area contributed by atoms with Crippen molar-refractivity contribution < 1.29 is 18.4 Å². The molecule has 0 radical (unpaired) electrons. The van der Waals surface area contributed by atoms with Crippen LogP contribution in [0.1, 0.15) is 26.7 Å². The van der Waals surface area contributed by atoms with E-state index in [9.17, 15) is 18.4 Å². The molecule has 102 valence electrons. The highest BCUT2D eigenvalue weighted by Gasteiger charge is 2.49. The van der Waals surface area contributed by atoms with Gasteiger partial charge in [-0.2, -0.15) is 0 Å². The molecule has 2 rings (SSSR count). The van der Waals surface area contributed by atoms with Crippen LogP contribution in [-0.4, -0.2) is 53.2 Å². The Morgan fingerprint density at radius 1 is 1.28 bits per heavy atom. The minimum atomic E-state index is -2.60. The van der Waals surface area contributed by atoms with Gasteiger partial charge >= 0.3 is 0 Å². The average Bonchev–Trinajstić information content (AvgIpc) is 2.73. The van der Waals surface area contributed by atoms with Gasteiger partial charge in [-0.25, -0.2) is 8.78 Å². The number of alkyl halides is 2. The Labute approximate surface area is 105 Å². The van der Waals surface area contributed by atoms with Crippen molar-refractivity contribution in [2.24, 2.45) is 5.92 Å². The van der Waals surface area contributed by atoms with Gasteiger partial charge in [0.25, 0.3) is 6.43 Å². The van der Waals surface area contributed by atoms with E-state index < -0.39 is 25.1 Å². The number of amides is 2. The van der Waals surface area contributed by atoms with Gasteiger partial charge in [0.15, 0.2) is 0 Å². The summed E-state index contributed by atoms with van der Waals surface area (Å²) in [6, 6.07) is -1.24. The number of piperazine rings is 1. The van der Waals surface area contributed by atoms with E-state index in [1.165, 1.54) is 0 Å². The Kier molecular flexibility index (Phi) is 3.54. The minimum Gasteiger partial charge on any atom is -0.329 e. The van der Waals surface area contributed by atoms with Crippen LogP contribution in [-0.2, 0) is 9.59 Å². The molecule has 2 amide bonds. The van der Waals surface area contributed by atoms with Crippen LogP contribution in [0.2, 0.25) is 0 Å². The lowest BCUT2D eigenvalue weighted by atomic mass is 9.96. The Balaban J connectivity index is 2.29. The Morgan fingerprint density at radius 2 is 1.94 bits per heavy atom. The molecule has 0 aromatic rings. The number of halogens is 2. The van der Waals surface area contributed by atoms with Crippen LogP contribution >= 0.6 is 0 Å². The third-order valence-electron chi connectivity index (χ3n) is 3.66. The van der Waals surface area contributed by atoms with Gasteiger partial charge in [0, 0.05) is 6.54 Å². The molecule has 2 atom stereocenters. The van der Waals surface area contributed by atoms with E-state index in [-0.39, 0.29) is 17.7 Å². The minimum absolute atomic E-state index is 0.151. The first-order valence-electron chi connectivity index (χ1n) is 6.32. The number of carbonyl (C=O) groups excluding carboxylic acids is 2. The zero-order valence-electron chi connectivity index (χ0n) is 10.6. The summed E-state index contributed by atoms with van der Waals surface area (Å²) < 4.78 is 25.2. The molecule has 18 heavy (non-hydrogen) atoms. The number of rotatable bonds is 3. The van der Waals surface area contributed by atoms with E-state index in [4.69, 9.17) is 0 Å². The van der Waals surface area contributed by atoms with Crippen molar-refractivity contribution in [1.29, 1.82) is 0 Å². The molecule has 0 bridgehead atoms. The summed E-state index contributed by atoms with van der Waals surface area (Å²) in [7, 11) is 0. The topological polar surface area (TPSA) is 40.6 Å². The van der Waals surface area contributed by atoms with Crippen molar-refractivity contribution in [2.45, 2.75) is 45.2 Å². The van der Waals surface area contributed by atoms with Gasteiger partial charge in [-0.3, -0.25) is 9.59 Å². The van der Waals surface area contributed by atoms with Crippen LogP contribution in [0.25, 0.3) is 0 Å². The standard InChI is InChI=1S/C12H18F2N2O2/c1-7(2)10-12(18)15-5-3-4-8(15)11(17)16(10)6-9(13)14/h7-10H,3-6H2,1-2H3. The quantitative estimate of drug-likeness (QED) is 0.762. The molecule has 0 aromatic carbocycles. The fraction of sp³-hybridized carbons (Fsp3) is 0.833. The second-order valence-corrected chi connectivity index (χ2v) is 5.26. The predicted molar refractivity (Wildman–Crippen MR) is 61.1 cm³/mol. The molecule has 2 aliphatic rings. The summed E-state index contributed by atoms with van der Waals surface area (Å²) >= 11 is 0. The third-order valence-corrected chi connectivity index (χ3v) is 3.66. The van der Waals surface area contributed by atoms with Crippen LogP contribution in [0.5, 0.6) is 0 Å². The van der Waals surface area contributed by atoms with Crippen LogP contribution < -0.4 is 0 Å². The van der Waals surface area contributed by atoms with Gasteiger partial charge in [-0.05, 0) is 18.8 Å². The third kappa shape index (κ3) is 2.08. The highest BCUT2D eigenvalue weighted by molar-refractivity contribution is 5.97. The van der Waals surface area contributed by atoms with E-state index >= 15 is 0 Å². The van der Waals surface area contributed by atoms with Crippen LogP contribution in [0.3, 0.4) is 0 Å². The van der Waals surface area contributed by atoms with Crippen molar-refractivity contribution in [2.75, 3.05) is 13.1 Å². The number of nitrogens with zero attached hydrogens (tertiary/aromatic N) is 2. The first-order chi connectivity index (χ1) is 8.43. The fourth-order valence-corrected chi connectivity index (χ4v) is 2.92. The first kappa shape index (κ1) is 13.2. The lowest BCUT2D eigenvalue weighted by Crippen LogP contribution is -2.64. The van der Waals surface area contributed by atoms with Crippen molar-refractivity contribution in [3.63, 3.8) is 0 Å². The van der Waals surface area contributed by atoms with Gasteiger partial charge in [-0.15, -0.1) is 0 Å². The van der Waals surface area contributed by atoms with Crippen molar-refractivity contribution in [3.8, 4) is 0 Å². The van der Waals surface area contributed by atoms with Crippen molar-refractivity contribution in [3.05, 3.63) is 0 Å². The molecule has 4 nitrogen and oxygen atoms in total. The molecule has 2 aliphatic heterocycles. The van der Waals surface area contributed by atoms with E-state index in [2.05, 4.69) is 0 Å². The lowest BCUT2D eigenvalue weighted by Gasteiger charge is -2.43. The number of carbonyl (C=O) groups is 2. The number of fused-ring (bicyclic) bond motifs is 1. The summed E-state index contributed by atoms with van der Waals surface area (Å²) in [6.45, 7) is 3.49. The predicted octanol–water partition coefficient (Wildman–Crippen LogP) is 1.11. The highest BCUT2D eigenvalue weighted by atomic mass is 19.3. The SMILES string of the molecule is CC(C)C1C(=O)N2CCCC2C(=O)N1CC(F)F. The van der Waals surface area contributed by atoms with Crippen LogP contribution in [0, 0.1) is 5.92 Å². The first-order valence-corrected chi connectivity index (χ1v) is 6.32. The largest absolute Gasteiger partial charge is 0.329 e. The van der Waals surface area contributed by atoms with E-state index in [0.717, 1.165) is 11.3 Å². The summed E-state index contributed by atoms with van der Waals surface area (Å²) in [4.78, 5) is 27.1. The maximum absolute atomic E-state index is 12.6. The maximum Gasteiger partial charge on any atom is 0.255 e. The zero-order chi connectivity index (χ0) is 13.4. The second kappa shape index (κ2) is 4.82. The smallest absolute Gasteiger partial charge is 0.255 e. The summed E-state index contributed by atoms with van der Waals surface area (Å²) in [5.41, 5.74) is 0. The van der Waals surface area contributed by atoms with Gasteiger partial charge in [-0.1, -0.05) is 13.8 Å². The molecule has 0 aromatic heterocycles. The molecule has 0 N–H and O–H groups in total. The lowest BCUT2D eigenvalue weighted by molar-refractivity contribution is -0.163. The molecule has 2 fully saturated rings.